The highest BCUT2D eigenvalue weighted by atomic mass is 16.5. The normalized spacial score (nSPS) is 9.60. The van der Waals surface area contributed by atoms with E-state index in [1.807, 2.05) is 27.7 Å². The summed E-state index contributed by atoms with van der Waals surface area (Å²) in [6, 6.07) is 0. The quantitative estimate of drug-likeness (QED) is 0.480. The first-order chi connectivity index (χ1) is 14.2. The average Bonchev–Trinajstić information content (AvgIpc) is 2.74. The van der Waals surface area contributed by atoms with E-state index in [1.165, 1.54) is 0 Å². The van der Waals surface area contributed by atoms with E-state index in [2.05, 4.69) is 0 Å². The molecule has 0 aromatic heterocycles. The molecule has 0 spiro atoms. The molecule has 0 radical (unpaired) electrons. The predicted octanol–water partition coefficient (Wildman–Crippen LogP) is 1.53. The van der Waals surface area contributed by atoms with Gasteiger partial charge in [0, 0.05) is 0 Å². The molecule has 0 unspecified atom stereocenters. The summed E-state index contributed by atoms with van der Waals surface area (Å²) < 4.78 is 9.76. The van der Waals surface area contributed by atoms with Crippen molar-refractivity contribution in [3.05, 3.63) is 0 Å². The topological polar surface area (TPSA) is 161 Å². The van der Waals surface area contributed by atoms with Gasteiger partial charge in [-0.3, -0.25) is 9.59 Å². The van der Waals surface area contributed by atoms with Crippen LogP contribution in [0.1, 0.15) is 67.2 Å². The smallest absolute Gasteiger partial charge is 0.373 e. The zero-order valence-electron chi connectivity index (χ0n) is 18.8. The minimum Gasteiger partial charge on any atom is -0.466 e. The lowest BCUT2D eigenvalue weighted by Crippen LogP contribution is -2.39. The third-order valence-electron chi connectivity index (χ3n) is 4.73. The minimum atomic E-state index is -1.12. The molecule has 30 heavy (non-hydrogen) atoms. The Morgan fingerprint density at radius 3 is 1.03 bits per heavy atom. The van der Waals surface area contributed by atoms with Crippen molar-refractivity contribution in [2.75, 3.05) is 26.4 Å². The highest BCUT2D eigenvalue weighted by Gasteiger charge is 2.37. The van der Waals surface area contributed by atoms with E-state index in [-0.39, 0.29) is 43.5 Å². The fourth-order valence-corrected chi connectivity index (χ4v) is 2.30. The number of ether oxygens (including phenoxy) is 2. The molecule has 0 aliphatic carbocycles. The molecule has 0 saturated carbocycles. The maximum Gasteiger partial charge on any atom is 0.373 e. The Labute approximate surface area is 177 Å². The molecule has 0 amide bonds. The van der Waals surface area contributed by atoms with Crippen LogP contribution < -0.4 is 0 Å². The van der Waals surface area contributed by atoms with Crippen molar-refractivity contribution < 1.29 is 48.5 Å². The summed E-state index contributed by atoms with van der Waals surface area (Å²) in [5.74, 6) is -0.560. The lowest BCUT2D eigenvalue weighted by atomic mass is 9.80. The van der Waals surface area contributed by atoms with Crippen LogP contribution in [-0.2, 0) is 38.2 Å². The molecule has 0 rings (SSSR count). The molecule has 0 heterocycles. The summed E-state index contributed by atoms with van der Waals surface area (Å²) in [7, 11) is 0. The van der Waals surface area contributed by atoms with Crippen LogP contribution >= 0.6 is 0 Å². The van der Waals surface area contributed by atoms with Gasteiger partial charge in [-0.1, -0.05) is 27.7 Å². The van der Waals surface area contributed by atoms with Crippen molar-refractivity contribution in [3.63, 3.8) is 0 Å². The average molecular weight is 436 g/mol. The van der Waals surface area contributed by atoms with Crippen molar-refractivity contribution in [1.82, 2.24) is 0 Å². The fraction of sp³-hybridized carbons (Fsp3) is 0.800. The van der Waals surface area contributed by atoms with E-state index in [1.54, 1.807) is 13.8 Å². The van der Waals surface area contributed by atoms with Gasteiger partial charge in [-0.2, -0.15) is 19.2 Å². The molecule has 2 N–H and O–H groups in total. The van der Waals surface area contributed by atoms with Gasteiger partial charge in [0.05, 0.1) is 31.8 Å². The lowest BCUT2D eigenvalue weighted by Gasteiger charge is -2.27. The molecule has 0 aliphatic heterocycles. The Balaban J connectivity index is -0.000000178. The van der Waals surface area contributed by atoms with Crippen molar-refractivity contribution >= 4 is 24.2 Å². The summed E-state index contributed by atoms with van der Waals surface area (Å²) in [6.07, 6.45) is 3.50. The number of carbonyl (C=O) groups is 2. The number of hydrogen-bond acceptors (Lipinski definition) is 10. The van der Waals surface area contributed by atoms with Gasteiger partial charge in [-0.25, -0.2) is 0 Å². The summed E-state index contributed by atoms with van der Waals surface area (Å²) in [6.45, 7) is 11.4. The first-order valence-electron chi connectivity index (χ1n) is 9.71. The van der Waals surface area contributed by atoms with Gasteiger partial charge >= 0.3 is 24.2 Å². The highest BCUT2D eigenvalue weighted by Crippen LogP contribution is 2.31. The molecule has 0 aromatic carbocycles. The highest BCUT2D eigenvalue weighted by molar-refractivity contribution is 5.77. The van der Waals surface area contributed by atoms with Gasteiger partial charge in [-0.15, -0.1) is 0 Å². The maximum absolute atomic E-state index is 11.5. The van der Waals surface area contributed by atoms with E-state index >= 15 is 0 Å². The van der Waals surface area contributed by atoms with E-state index in [4.69, 9.17) is 38.9 Å². The lowest BCUT2D eigenvalue weighted by molar-refractivity contribution is -0.193. The number of aliphatic hydroxyl groups excluding tert-OH is 2. The SMILES string of the molecule is CCOC(=O)C(CC)(CC)CC.CCOC(=O)C(CC)(CO)CO.O=C=O.O=C=O. The van der Waals surface area contributed by atoms with Crippen molar-refractivity contribution in [2.24, 2.45) is 10.8 Å². The number of hydrogen-bond donors (Lipinski definition) is 2. The molecule has 0 aliphatic rings. The minimum absolute atomic E-state index is 0.0301. The Hall–Kier alpha value is -2.38. The molecule has 0 saturated heterocycles. The first-order valence-corrected chi connectivity index (χ1v) is 9.71. The van der Waals surface area contributed by atoms with Crippen molar-refractivity contribution in [2.45, 2.75) is 67.2 Å². The molecular weight excluding hydrogens is 400 g/mol. The Morgan fingerprint density at radius 2 is 0.867 bits per heavy atom. The van der Waals surface area contributed by atoms with Gasteiger partial charge < -0.3 is 19.7 Å². The van der Waals surface area contributed by atoms with Crippen LogP contribution in [-0.4, -0.2) is 60.9 Å². The Morgan fingerprint density at radius 1 is 0.633 bits per heavy atom. The molecule has 0 aromatic rings. The van der Waals surface area contributed by atoms with Crippen LogP contribution in [0.5, 0.6) is 0 Å². The Kier molecular flexibility index (Phi) is 26.8. The van der Waals surface area contributed by atoms with E-state index in [0.29, 0.717) is 13.0 Å². The van der Waals surface area contributed by atoms with Crippen LogP contribution in [0.15, 0.2) is 0 Å². The molecule has 176 valence electrons. The standard InChI is InChI=1S/C10H20O2.C8H16O4.2CO2/c1-5-10(6-2,7-3)9(11)12-8-4;1-3-8(5-9,6-10)7(11)12-4-2;2*2-1-3/h5-8H2,1-4H3;9-10H,3-6H2,1-2H3;;. The predicted molar refractivity (Wildman–Crippen MR) is 103 cm³/mol. The largest absolute Gasteiger partial charge is 0.466 e. The van der Waals surface area contributed by atoms with E-state index in [0.717, 1.165) is 19.3 Å². The van der Waals surface area contributed by atoms with Crippen LogP contribution in [0.3, 0.4) is 0 Å². The maximum atomic E-state index is 11.5. The van der Waals surface area contributed by atoms with Crippen LogP contribution in [0.4, 0.5) is 0 Å². The number of rotatable bonds is 10. The summed E-state index contributed by atoms with van der Waals surface area (Å²) in [4.78, 5) is 55.3. The van der Waals surface area contributed by atoms with Gasteiger partial charge in [0.15, 0.2) is 0 Å². The summed E-state index contributed by atoms with van der Waals surface area (Å²) in [5.41, 5.74) is -1.34. The van der Waals surface area contributed by atoms with Crippen LogP contribution in [0.2, 0.25) is 0 Å². The molecule has 10 nitrogen and oxygen atoms in total. The summed E-state index contributed by atoms with van der Waals surface area (Å²) in [5, 5.41) is 17.8. The van der Waals surface area contributed by atoms with Crippen molar-refractivity contribution in [1.29, 1.82) is 0 Å². The third kappa shape index (κ3) is 13.7. The monoisotopic (exact) mass is 436 g/mol. The molecular formula is C20H36O10. The number of carbonyl (C=O) groups excluding carboxylic acids is 6. The number of esters is 2. The van der Waals surface area contributed by atoms with Gasteiger partial charge in [0.25, 0.3) is 0 Å². The second-order valence-electron chi connectivity index (χ2n) is 5.90. The zero-order chi connectivity index (χ0) is 24.6. The molecule has 10 heteroatoms. The third-order valence-corrected chi connectivity index (χ3v) is 4.73. The van der Waals surface area contributed by atoms with Crippen molar-refractivity contribution in [3.8, 4) is 0 Å². The van der Waals surface area contributed by atoms with Gasteiger partial charge in [0.1, 0.15) is 5.41 Å². The molecule has 0 fully saturated rings. The van der Waals surface area contributed by atoms with E-state index < -0.39 is 11.4 Å². The second kappa shape index (κ2) is 22.9. The second-order valence-corrected chi connectivity index (χ2v) is 5.90. The van der Waals surface area contributed by atoms with E-state index in [9.17, 15) is 9.59 Å². The number of aliphatic hydroxyl groups is 2. The van der Waals surface area contributed by atoms with Gasteiger partial charge in [-0.05, 0) is 39.5 Å². The van der Waals surface area contributed by atoms with Gasteiger partial charge in [0.2, 0.25) is 0 Å². The Bertz CT molecular complexity index is 433. The van der Waals surface area contributed by atoms with Crippen LogP contribution in [0, 0.1) is 10.8 Å². The first kappa shape index (κ1) is 35.1. The summed E-state index contributed by atoms with van der Waals surface area (Å²) >= 11 is 0. The molecule has 0 atom stereocenters. The zero-order valence-corrected chi connectivity index (χ0v) is 18.8. The fourth-order valence-electron chi connectivity index (χ4n) is 2.30. The van der Waals surface area contributed by atoms with Crippen LogP contribution in [0.25, 0.3) is 0 Å². The molecule has 0 bridgehead atoms.